The van der Waals surface area contributed by atoms with Crippen LogP contribution in [0.2, 0.25) is 0 Å². The molecular weight excluding hydrogens is 390 g/mol. The molecule has 2 heterocycles. The summed E-state index contributed by atoms with van der Waals surface area (Å²) in [5.74, 6) is -1.49. The smallest absolute Gasteiger partial charge is 0.319 e. The van der Waals surface area contributed by atoms with Gasteiger partial charge in [0.15, 0.2) is 5.69 Å². The van der Waals surface area contributed by atoms with E-state index in [-0.39, 0.29) is 17.9 Å². The standard InChI is InChI=1S/C20H21N5O5/c1-24-7-6-16(26)18(19(24)29)23-20(30)22-15(9-17(27)28)13-5-3-4-12(8-13)14-10-21-25(2)11-14/h3-8,10-11,15,26H,9H2,1-2H3,(H,27,28)(H2,22,23,30). The van der Waals surface area contributed by atoms with Crippen LogP contribution in [-0.4, -0.2) is 36.6 Å². The molecule has 1 atom stereocenters. The van der Waals surface area contributed by atoms with E-state index in [0.717, 1.165) is 11.1 Å². The zero-order valence-electron chi connectivity index (χ0n) is 16.4. The van der Waals surface area contributed by atoms with Crippen LogP contribution in [-0.2, 0) is 18.9 Å². The number of pyridine rings is 1. The highest BCUT2D eigenvalue weighted by Gasteiger charge is 2.20. The fourth-order valence-corrected chi connectivity index (χ4v) is 2.98. The average molecular weight is 411 g/mol. The second-order valence-corrected chi connectivity index (χ2v) is 6.77. The summed E-state index contributed by atoms with van der Waals surface area (Å²) in [6, 6.07) is 6.66. The molecule has 0 saturated carbocycles. The van der Waals surface area contributed by atoms with E-state index in [2.05, 4.69) is 15.7 Å². The Hall–Kier alpha value is -4.08. The highest BCUT2D eigenvalue weighted by atomic mass is 16.4. The average Bonchev–Trinajstić information content (AvgIpc) is 3.14. The number of aromatic hydroxyl groups is 1. The van der Waals surface area contributed by atoms with Gasteiger partial charge in [-0.3, -0.25) is 14.3 Å². The molecule has 0 aliphatic carbocycles. The zero-order chi connectivity index (χ0) is 21.8. The molecule has 0 fully saturated rings. The van der Waals surface area contributed by atoms with Crippen molar-refractivity contribution in [2.75, 3.05) is 5.32 Å². The predicted octanol–water partition coefficient (Wildman–Crippen LogP) is 1.83. The molecule has 10 nitrogen and oxygen atoms in total. The first kappa shape index (κ1) is 20.6. The van der Waals surface area contributed by atoms with Crippen molar-refractivity contribution in [1.82, 2.24) is 19.7 Å². The molecule has 2 amide bonds. The number of nitrogens with zero attached hydrogens (tertiary/aromatic N) is 3. The first-order chi connectivity index (χ1) is 14.2. The number of benzene rings is 1. The maximum absolute atomic E-state index is 12.5. The first-order valence-electron chi connectivity index (χ1n) is 9.01. The van der Waals surface area contributed by atoms with Gasteiger partial charge in [-0.15, -0.1) is 0 Å². The lowest BCUT2D eigenvalue weighted by atomic mass is 9.99. The van der Waals surface area contributed by atoms with Gasteiger partial charge in [0.1, 0.15) is 5.75 Å². The molecule has 4 N–H and O–H groups in total. The van der Waals surface area contributed by atoms with E-state index in [0.29, 0.717) is 5.56 Å². The number of nitrogens with one attached hydrogen (secondary N) is 2. The van der Waals surface area contributed by atoms with Crippen LogP contribution in [0, 0.1) is 0 Å². The van der Waals surface area contributed by atoms with Gasteiger partial charge in [-0.2, -0.15) is 5.10 Å². The van der Waals surface area contributed by atoms with Crippen molar-refractivity contribution >= 4 is 17.7 Å². The number of carboxylic acid groups (broad SMARTS) is 1. The maximum Gasteiger partial charge on any atom is 0.319 e. The lowest BCUT2D eigenvalue weighted by Gasteiger charge is -2.19. The molecule has 10 heteroatoms. The number of hydrogen-bond acceptors (Lipinski definition) is 5. The Bertz CT molecular complexity index is 1150. The van der Waals surface area contributed by atoms with Gasteiger partial charge in [-0.05, 0) is 23.3 Å². The quantitative estimate of drug-likeness (QED) is 0.488. The first-order valence-corrected chi connectivity index (χ1v) is 9.01. The second kappa shape index (κ2) is 8.52. The molecule has 0 aliphatic rings. The van der Waals surface area contributed by atoms with Crippen molar-refractivity contribution in [3.63, 3.8) is 0 Å². The van der Waals surface area contributed by atoms with E-state index >= 15 is 0 Å². The number of urea groups is 1. The molecule has 30 heavy (non-hydrogen) atoms. The number of aliphatic carboxylic acids is 1. The van der Waals surface area contributed by atoms with Crippen LogP contribution in [0.3, 0.4) is 0 Å². The lowest BCUT2D eigenvalue weighted by molar-refractivity contribution is -0.137. The molecule has 0 bridgehead atoms. The minimum Gasteiger partial charge on any atom is -0.505 e. The van der Waals surface area contributed by atoms with Crippen LogP contribution in [0.25, 0.3) is 11.1 Å². The van der Waals surface area contributed by atoms with Gasteiger partial charge in [-0.1, -0.05) is 18.2 Å². The van der Waals surface area contributed by atoms with Gasteiger partial charge in [0.05, 0.1) is 18.7 Å². The van der Waals surface area contributed by atoms with Gasteiger partial charge in [0, 0.05) is 32.1 Å². The number of aromatic nitrogens is 3. The Morgan fingerprint density at radius 3 is 2.63 bits per heavy atom. The fourth-order valence-electron chi connectivity index (χ4n) is 2.98. The van der Waals surface area contributed by atoms with E-state index in [9.17, 15) is 24.6 Å². The fraction of sp³-hybridized carbons (Fsp3) is 0.200. The Morgan fingerprint density at radius 1 is 1.20 bits per heavy atom. The number of aryl methyl sites for hydroxylation is 2. The summed E-state index contributed by atoms with van der Waals surface area (Å²) in [6.45, 7) is 0. The van der Waals surface area contributed by atoms with Gasteiger partial charge in [0.25, 0.3) is 5.56 Å². The summed E-state index contributed by atoms with van der Waals surface area (Å²) in [4.78, 5) is 35.9. The number of carbonyl (C=O) groups excluding carboxylic acids is 1. The monoisotopic (exact) mass is 411 g/mol. The van der Waals surface area contributed by atoms with Crippen molar-refractivity contribution in [1.29, 1.82) is 0 Å². The largest absolute Gasteiger partial charge is 0.505 e. The van der Waals surface area contributed by atoms with Crippen molar-refractivity contribution in [2.24, 2.45) is 14.1 Å². The van der Waals surface area contributed by atoms with E-state index in [1.54, 1.807) is 36.1 Å². The van der Waals surface area contributed by atoms with Crippen molar-refractivity contribution < 1.29 is 19.8 Å². The Morgan fingerprint density at radius 2 is 1.97 bits per heavy atom. The second-order valence-electron chi connectivity index (χ2n) is 6.77. The number of amides is 2. The summed E-state index contributed by atoms with van der Waals surface area (Å²) < 4.78 is 2.84. The minimum atomic E-state index is -1.11. The van der Waals surface area contributed by atoms with Crippen LogP contribution in [0.4, 0.5) is 10.5 Å². The zero-order valence-corrected chi connectivity index (χ0v) is 16.4. The van der Waals surface area contributed by atoms with E-state index in [1.165, 1.54) is 23.9 Å². The molecular formula is C20H21N5O5. The van der Waals surface area contributed by atoms with Crippen LogP contribution in [0.5, 0.6) is 5.75 Å². The molecule has 0 aliphatic heterocycles. The normalized spacial score (nSPS) is 11.7. The third kappa shape index (κ3) is 4.66. The van der Waals surface area contributed by atoms with E-state index in [4.69, 9.17) is 0 Å². The number of rotatable bonds is 6. The molecule has 3 aromatic rings. The number of carboxylic acids is 1. The van der Waals surface area contributed by atoms with Gasteiger partial charge in [-0.25, -0.2) is 4.79 Å². The Kier molecular flexibility index (Phi) is 5.86. The molecule has 1 unspecified atom stereocenters. The van der Waals surface area contributed by atoms with Crippen molar-refractivity contribution in [3.05, 3.63) is 64.8 Å². The summed E-state index contributed by atoms with van der Waals surface area (Å²) in [6.07, 6.45) is 4.49. The molecule has 3 rings (SSSR count). The number of hydrogen-bond donors (Lipinski definition) is 4. The summed E-state index contributed by atoms with van der Waals surface area (Å²) in [5, 5.41) is 28.1. The molecule has 0 spiro atoms. The summed E-state index contributed by atoms with van der Waals surface area (Å²) >= 11 is 0. The topological polar surface area (TPSA) is 138 Å². The Labute approximate surface area is 171 Å². The predicted molar refractivity (Wildman–Crippen MR) is 109 cm³/mol. The Balaban J connectivity index is 1.85. The van der Waals surface area contributed by atoms with Crippen LogP contribution in [0.15, 0.2) is 53.7 Å². The van der Waals surface area contributed by atoms with Crippen LogP contribution >= 0.6 is 0 Å². The van der Waals surface area contributed by atoms with Crippen molar-refractivity contribution in [3.8, 4) is 16.9 Å². The number of anilines is 1. The lowest BCUT2D eigenvalue weighted by Crippen LogP contribution is -2.35. The van der Waals surface area contributed by atoms with Gasteiger partial charge >= 0.3 is 12.0 Å². The third-order valence-corrected chi connectivity index (χ3v) is 4.50. The van der Waals surface area contributed by atoms with E-state index in [1.807, 2.05) is 12.3 Å². The van der Waals surface area contributed by atoms with Crippen LogP contribution in [0.1, 0.15) is 18.0 Å². The van der Waals surface area contributed by atoms with E-state index < -0.39 is 23.6 Å². The maximum atomic E-state index is 12.5. The van der Waals surface area contributed by atoms with Gasteiger partial charge < -0.3 is 25.4 Å². The molecule has 1 aromatic carbocycles. The minimum absolute atomic E-state index is 0.296. The molecule has 2 aromatic heterocycles. The highest BCUT2D eigenvalue weighted by Crippen LogP contribution is 2.25. The van der Waals surface area contributed by atoms with Gasteiger partial charge in [0.2, 0.25) is 0 Å². The third-order valence-electron chi connectivity index (χ3n) is 4.50. The summed E-state index contributed by atoms with van der Waals surface area (Å²) in [7, 11) is 3.26. The highest BCUT2D eigenvalue weighted by molar-refractivity contribution is 5.91. The molecule has 0 saturated heterocycles. The molecule has 156 valence electrons. The molecule has 0 radical (unpaired) electrons. The SMILES string of the molecule is Cn1cc(-c2cccc(C(CC(=O)O)NC(=O)Nc3c(O)ccn(C)c3=O)c2)cn1. The number of carbonyl (C=O) groups is 2. The van der Waals surface area contributed by atoms with Crippen LogP contribution < -0.4 is 16.2 Å². The summed E-state index contributed by atoms with van der Waals surface area (Å²) in [5.41, 5.74) is 1.33. The van der Waals surface area contributed by atoms with Crippen molar-refractivity contribution in [2.45, 2.75) is 12.5 Å².